The summed E-state index contributed by atoms with van der Waals surface area (Å²) in [6, 6.07) is 9.67. The maximum Gasteiger partial charge on any atom is 0.303 e. The lowest BCUT2D eigenvalue weighted by Crippen LogP contribution is -2.26. The normalized spacial score (nSPS) is 14.2. The van der Waals surface area contributed by atoms with Gasteiger partial charge >= 0.3 is 5.97 Å². The van der Waals surface area contributed by atoms with Crippen molar-refractivity contribution in [2.45, 2.75) is 26.9 Å². The van der Waals surface area contributed by atoms with Crippen molar-refractivity contribution < 1.29 is 14.3 Å². The van der Waals surface area contributed by atoms with E-state index in [-0.39, 0.29) is 17.7 Å². The molecule has 96 valence electrons. The average Bonchev–Trinajstić information content (AvgIpc) is 2.34. The van der Waals surface area contributed by atoms with Crippen molar-refractivity contribution >= 4 is 17.8 Å². The maximum atomic E-state index is 11.4. The van der Waals surface area contributed by atoms with E-state index in [0.29, 0.717) is 0 Å². The lowest BCUT2D eigenvalue weighted by atomic mass is 9.99. The Morgan fingerprint density at radius 1 is 1.17 bits per heavy atom. The summed E-state index contributed by atoms with van der Waals surface area (Å²) < 4.78 is 5.15. The van der Waals surface area contributed by atoms with E-state index in [2.05, 4.69) is 0 Å². The zero-order valence-electron chi connectivity index (χ0n) is 10.9. The first-order valence-corrected chi connectivity index (χ1v) is 5.91. The summed E-state index contributed by atoms with van der Waals surface area (Å²) in [5.41, 5.74) is 1.01. The van der Waals surface area contributed by atoms with Crippen LogP contribution in [0.2, 0.25) is 0 Å². The summed E-state index contributed by atoms with van der Waals surface area (Å²) in [7, 11) is 0. The van der Waals surface area contributed by atoms with Crippen LogP contribution in [0.5, 0.6) is 0 Å². The van der Waals surface area contributed by atoms with Gasteiger partial charge in [-0.25, -0.2) is 0 Å². The first-order chi connectivity index (χ1) is 8.50. The highest BCUT2D eigenvalue weighted by Gasteiger charge is 2.21. The number of Topliss-reactive ketones (excluding diaryl/α,β-unsaturated/α-hetero) is 1. The van der Waals surface area contributed by atoms with Gasteiger partial charge in [0.05, 0.1) is 5.92 Å². The largest absolute Gasteiger partial charge is 0.458 e. The summed E-state index contributed by atoms with van der Waals surface area (Å²) in [6.07, 6.45) is 3.09. The molecule has 0 unspecified atom stereocenters. The fourth-order valence-electron chi connectivity index (χ4n) is 1.50. The molecule has 3 heteroatoms. The highest BCUT2D eigenvalue weighted by molar-refractivity contribution is 5.79. The summed E-state index contributed by atoms with van der Waals surface area (Å²) in [5, 5.41) is 0. The second-order valence-electron chi connectivity index (χ2n) is 4.24. The van der Waals surface area contributed by atoms with Crippen LogP contribution in [0.4, 0.5) is 0 Å². The molecule has 0 saturated carbocycles. The van der Waals surface area contributed by atoms with Gasteiger partial charge in [0.2, 0.25) is 0 Å². The van der Waals surface area contributed by atoms with Crippen molar-refractivity contribution in [1.82, 2.24) is 0 Å². The van der Waals surface area contributed by atoms with Gasteiger partial charge in [0.15, 0.2) is 0 Å². The van der Waals surface area contributed by atoms with E-state index in [1.54, 1.807) is 13.0 Å². The molecule has 0 aromatic heterocycles. The molecule has 0 fully saturated rings. The number of rotatable bonds is 5. The van der Waals surface area contributed by atoms with E-state index >= 15 is 0 Å². The number of hydrogen-bond donors (Lipinski definition) is 0. The quantitative estimate of drug-likeness (QED) is 0.750. The van der Waals surface area contributed by atoms with Gasteiger partial charge in [-0.2, -0.15) is 0 Å². The molecule has 0 N–H and O–H groups in total. The van der Waals surface area contributed by atoms with Gasteiger partial charge in [0, 0.05) is 6.92 Å². The predicted octanol–water partition coefficient (Wildman–Crippen LogP) is 2.86. The Balaban J connectivity index is 2.81. The Kier molecular flexibility index (Phi) is 5.31. The van der Waals surface area contributed by atoms with Crippen molar-refractivity contribution in [2.75, 3.05) is 0 Å². The molecular formula is C15H18O3. The van der Waals surface area contributed by atoms with Gasteiger partial charge < -0.3 is 4.74 Å². The summed E-state index contributed by atoms with van der Waals surface area (Å²) in [6.45, 7) is 4.60. The van der Waals surface area contributed by atoms with Crippen LogP contribution in [-0.2, 0) is 14.3 Å². The SMILES string of the molecule is CC(=O)O[C@@H](/C=C/c1ccccc1)[C@H](C)C(C)=O. The molecule has 3 nitrogen and oxygen atoms in total. The van der Waals surface area contributed by atoms with Crippen LogP contribution in [0.1, 0.15) is 26.3 Å². The number of hydrogen-bond acceptors (Lipinski definition) is 3. The lowest BCUT2D eigenvalue weighted by Gasteiger charge is -2.18. The van der Waals surface area contributed by atoms with E-state index in [4.69, 9.17) is 4.74 Å². The van der Waals surface area contributed by atoms with Gasteiger partial charge in [-0.1, -0.05) is 43.3 Å². The van der Waals surface area contributed by atoms with Crippen molar-refractivity contribution in [3.8, 4) is 0 Å². The van der Waals surface area contributed by atoms with E-state index in [1.807, 2.05) is 36.4 Å². The molecule has 18 heavy (non-hydrogen) atoms. The summed E-state index contributed by atoms with van der Waals surface area (Å²) in [5.74, 6) is -0.723. The maximum absolute atomic E-state index is 11.4. The molecule has 0 spiro atoms. The zero-order valence-corrected chi connectivity index (χ0v) is 10.9. The molecule has 0 saturated heterocycles. The molecule has 2 atom stereocenters. The Bertz CT molecular complexity index is 434. The lowest BCUT2D eigenvalue weighted by molar-refractivity contribution is -0.147. The molecule has 0 bridgehead atoms. The van der Waals surface area contributed by atoms with Crippen LogP contribution in [0.15, 0.2) is 36.4 Å². The fraction of sp³-hybridized carbons (Fsp3) is 0.333. The molecule has 1 aromatic rings. The predicted molar refractivity (Wildman–Crippen MR) is 70.9 cm³/mol. The van der Waals surface area contributed by atoms with E-state index in [1.165, 1.54) is 13.8 Å². The topological polar surface area (TPSA) is 43.4 Å². The minimum Gasteiger partial charge on any atom is -0.458 e. The van der Waals surface area contributed by atoms with Gasteiger partial charge in [-0.15, -0.1) is 0 Å². The van der Waals surface area contributed by atoms with Crippen molar-refractivity contribution in [2.24, 2.45) is 5.92 Å². The van der Waals surface area contributed by atoms with Gasteiger partial charge in [0.1, 0.15) is 11.9 Å². The van der Waals surface area contributed by atoms with Gasteiger partial charge in [-0.05, 0) is 18.6 Å². The minimum absolute atomic E-state index is 0.000961. The van der Waals surface area contributed by atoms with Crippen LogP contribution in [0.3, 0.4) is 0 Å². The third kappa shape index (κ3) is 4.53. The minimum atomic E-state index is -0.514. The number of benzene rings is 1. The smallest absolute Gasteiger partial charge is 0.303 e. The molecule has 0 aliphatic rings. The molecule has 0 aliphatic heterocycles. The van der Waals surface area contributed by atoms with Crippen LogP contribution in [0.25, 0.3) is 6.08 Å². The highest BCUT2D eigenvalue weighted by Crippen LogP contribution is 2.13. The summed E-state index contributed by atoms with van der Waals surface area (Å²) >= 11 is 0. The standard InChI is InChI=1S/C15H18O3/c1-11(12(2)16)15(18-13(3)17)10-9-14-7-5-4-6-8-14/h4-11,15H,1-3H3/b10-9+/t11-,15+/m1/s1. The molecule has 1 aromatic carbocycles. The van der Waals surface area contributed by atoms with Gasteiger partial charge in [0.25, 0.3) is 0 Å². The highest BCUT2D eigenvalue weighted by atomic mass is 16.5. The molecule has 0 amide bonds. The second-order valence-corrected chi connectivity index (χ2v) is 4.24. The number of carbonyl (C=O) groups is 2. The number of carbonyl (C=O) groups excluding carboxylic acids is 2. The zero-order chi connectivity index (χ0) is 13.5. The monoisotopic (exact) mass is 246 g/mol. The molecule has 0 heterocycles. The molecule has 0 aliphatic carbocycles. The van der Waals surface area contributed by atoms with E-state index in [0.717, 1.165) is 5.56 Å². The fourth-order valence-corrected chi connectivity index (χ4v) is 1.50. The first kappa shape index (κ1) is 14.2. The molecule has 1 rings (SSSR count). The molecular weight excluding hydrogens is 228 g/mol. The molecule has 0 radical (unpaired) electrons. The Labute approximate surface area is 107 Å². The van der Waals surface area contributed by atoms with Crippen molar-refractivity contribution in [3.05, 3.63) is 42.0 Å². The number of esters is 1. The van der Waals surface area contributed by atoms with Crippen LogP contribution < -0.4 is 0 Å². The van der Waals surface area contributed by atoms with Crippen molar-refractivity contribution in [3.63, 3.8) is 0 Å². The Hall–Kier alpha value is -1.90. The Morgan fingerprint density at radius 3 is 2.28 bits per heavy atom. The third-order valence-corrected chi connectivity index (χ3v) is 2.71. The first-order valence-electron chi connectivity index (χ1n) is 5.91. The van der Waals surface area contributed by atoms with Gasteiger partial charge in [-0.3, -0.25) is 9.59 Å². The Morgan fingerprint density at radius 2 is 1.78 bits per heavy atom. The van der Waals surface area contributed by atoms with Crippen LogP contribution >= 0.6 is 0 Å². The summed E-state index contributed by atoms with van der Waals surface area (Å²) in [4.78, 5) is 22.4. The van der Waals surface area contributed by atoms with Crippen LogP contribution in [0, 0.1) is 5.92 Å². The number of ketones is 1. The van der Waals surface area contributed by atoms with E-state index < -0.39 is 6.10 Å². The third-order valence-electron chi connectivity index (χ3n) is 2.71. The van der Waals surface area contributed by atoms with Crippen LogP contribution in [-0.4, -0.2) is 17.9 Å². The van der Waals surface area contributed by atoms with E-state index in [9.17, 15) is 9.59 Å². The average molecular weight is 246 g/mol. The number of ether oxygens (including phenoxy) is 1. The van der Waals surface area contributed by atoms with Crippen molar-refractivity contribution in [1.29, 1.82) is 0 Å². The second kappa shape index (κ2) is 6.74.